The van der Waals surface area contributed by atoms with Crippen molar-refractivity contribution in [2.45, 2.75) is 72.6 Å². The van der Waals surface area contributed by atoms with Gasteiger partial charge in [0.05, 0.1) is 18.2 Å². The first-order valence-electron chi connectivity index (χ1n) is 15.0. The van der Waals surface area contributed by atoms with E-state index in [0.717, 1.165) is 42.5 Å². The topological polar surface area (TPSA) is 119 Å². The molecule has 3 atom stereocenters. The number of ketones is 1. The Balaban J connectivity index is 1.55. The Hall–Kier alpha value is -3.01. The predicted octanol–water partition coefficient (Wildman–Crippen LogP) is 7.13. The fourth-order valence-corrected chi connectivity index (χ4v) is 6.17. The number of carbonyl (C=O) groups excluding carboxylic acids is 2. The molecule has 0 radical (unpaired) electrons. The third-order valence-corrected chi connectivity index (χ3v) is 8.79. The van der Waals surface area contributed by atoms with Gasteiger partial charge in [-0.25, -0.2) is 4.57 Å². The fraction of sp³-hybridized carbons (Fsp3) is 0.469. The van der Waals surface area contributed by atoms with Crippen LogP contribution in [0.2, 0.25) is 5.02 Å². The number of nitrogens with one attached hydrogen (secondary N) is 2. The van der Waals surface area contributed by atoms with Crippen molar-refractivity contribution in [2.75, 3.05) is 31.6 Å². The first-order valence-corrected chi connectivity index (χ1v) is 16.9. The highest BCUT2D eigenvalue weighted by atomic mass is 35.5. The first kappa shape index (κ1) is 35.5. The van der Waals surface area contributed by atoms with E-state index in [2.05, 4.69) is 34.1 Å². The van der Waals surface area contributed by atoms with Gasteiger partial charge in [0.2, 0.25) is 0 Å². The van der Waals surface area contributed by atoms with Gasteiger partial charge in [0.15, 0.2) is 5.78 Å². The fourth-order valence-electron chi connectivity index (χ4n) is 4.53. The minimum Gasteiger partial charge on any atom is -0.462 e. The van der Waals surface area contributed by atoms with E-state index in [4.69, 9.17) is 25.4 Å². The molecule has 3 aromatic rings. The van der Waals surface area contributed by atoms with Crippen molar-refractivity contribution in [3.05, 3.63) is 65.3 Å². The molecule has 0 aliphatic heterocycles. The third-order valence-electron chi connectivity index (χ3n) is 6.88. The molecule has 0 bridgehead atoms. The van der Waals surface area contributed by atoms with Gasteiger partial charge in [0.25, 0.3) is 0 Å². The number of pyridine rings is 1. The number of likely N-dealkylation sites (N-methyl/N-ethyl adjacent to an activating group) is 1. The van der Waals surface area contributed by atoms with Crippen LogP contribution in [0.5, 0.6) is 5.75 Å². The molecule has 0 amide bonds. The molecule has 44 heavy (non-hydrogen) atoms. The molecule has 1 heterocycles. The number of nitrogens with zero attached hydrogens (tertiary/aromatic N) is 2. The lowest BCUT2D eigenvalue weighted by Gasteiger charge is -2.25. The van der Waals surface area contributed by atoms with Gasteiger partial charge in [-0.3, -0.25) is 19.1 Å². The van der Waals surface area contributed by atoms with E-state index < -0.39 is 19.8 Å². The number of ether oxygens (including phenoxy) is 1. The normalized spacial score (nSPS) is 14.3. The summed E-state index contributed by atoms with van der Waals surface area (Å²) in [5.41, 5.74) is 2.37. The second-order valence-corrected chi connectivity index (χ2v) is 13.1. The molecule has 0 unspecified atom stereocenters. The maximum Gasteiger partial charge on any atom is 0.459 e. The number of fused-ring (bicyclic) bond motifs is 1. The minimum absolute atomic E-state index is 0.0970. The zero-order valence-corrected chi connectivity index (χ0v) is 28.0. The van der Waals surface area contributed by atoms with Gasteiger partial charge in [-0.2, -0.15) is 5.09 Å². The molecule has 240 valence electrons. The van der Waals surface area contributed by atoms with Crippen molar-refractivity contribution in [3.8, 4) is 5.75 Å². The number of esters is 1. The summed E-state index contributed by atoms with van der Waals surface area (Å²) in [6.45, 7) is 12.9. The summed E-state index contributed by atoms with van der Waals surface area (Å²) in [5, 5.41) is 7.97. The molecule has 0 fully saturated rings. The maximum atomic E-state index is 13.8. The van der Waals surface area contributed by atoms with E-state index in [1.54, 1.807) is 51.2 Å². The molecule has 2 aromatic carbocycles. The molecule has 3 rings (SSSR count). The van der Waals surface area contributed by atoms with Crippen LogP contribution < -0.4 is 14.9 Å². The number of hydrogen-bond donors (Lipinski definition) is 2. The summed E-state index contributed by atoms with van der Waals surface area (Å²) >= 11 is 6.12. The lowest BCUT2D eigenvalue weighted by atomic mass is 10.1. The van der Waals surface area contributed by atoms with Crippen molar-refractivity contribution >= 4 is 47.7 Å². The summed E-state index contributed by atoms with van der Waals surface area (Å²) in [4.78, 5) is 30.7. The molecule has 0 saturated heterocycles. The molecular weight excluding hydrogens is 603 g/mol. The van der Waals surface area contributed by atoms with Crippen LogP contribution in [0.3, 0.4) is 0 Å². The van der Waals surface area contributed by atoms with Crippen LogP contribution in [0.25, 0.3) is 10.9 Å². The van der Waals surface area contributed by atoms with Crippen LogP contribution in [0.1, 0.15) is 64.7 Å². The van der Waals surface area contributed by atoms with Gasteiger partial charge in [-0.05, 0) is 109 Å². The Morgan fingerprint density at radius 2 is 1.77 bits per heavy atom. The highest BCUT2D eigenvalue weighted by Gasteiger charge is 2.32. The molecular formula is C32H44ClN4O6P. The average molecular weight is 647 g/mol. The van der Waals surface area contributed by atoms with Crippen LogP contribution in [-0.2, 0) is 18.6 Å². The van der Waals surface area contributed by atoms with E-state index in [9.17, 15) is 14.2 Å². The maximum absolute atomic E-state index is 13.8. The highest BCUT2D eigenvalue weighted by Crippen LogP contribution is 2.45. The Kier molecular flexibility index (Phi) is 13.6. The highest BCUT2D eigenvalue weighted by molar-refractivity contribution is 7.52. The molecule has 2 N–H and O–H groups in total. The number of anilines is 1. The number of aromatic nitrogens is 1. The first-order chi connectivity index (χ1) is 20.9. The van der Waals surface area contributed by atoms with Crippen LogP contribution >= 0.6 is 19.3 Å². The predicted molar refractivity (Wildman–Crippen MR) is 176 cm³/mol. The van der Waals surface area contributed by atoms with Crippen LogP contribution in [0.4, 0.5) is 5.69 Å². The van der Waals surface area contributed by atoms with E-state index in [1.165, 1.54) is 6.92 Å². The second-order valence-electron chi connectivity index (χ2n) is 11.0. The molecule has 0 spiro atoms. The minimum atomic E-state index is -3.99. The van der Waals surface area contributed by atoms with Gasteiger partial charge in [0.1, 0.15) is 11.8 Å². The Labute approximate surface area is 265 Å². The van der Waals surface area contributed by atoms with E-state index >= 15 is 0 Å². The van der Waals surface area contributed by atoms with Crippen LogP contribution in [-0.4, -0.2) is 66.1 Å². The molecule has 10 nitrogen and oxygen atoms in total. The lowest BCUT2D eigenvalue weighted by molar-refractivity contribution is -0.149. The largest absolute Gasteiger partial charge is 0.462 e. The smallest absolute Gasteiger partial charge is 0.459 e. The summed E-state index contributed by atoms with van der Waals surface area (Å²) in [6, 6.07) is 13.2. The molecule has 1 aromatic heterocycles. The van der Waals surface area contributed by atoms with Crippen molar-refractivity contribution in [3.63, 3.8) is 0 Å². The summed E-state index contributed by atoms with van der Waals surface area (Å²) < 4.78 is 30.6. The van der Waals surface area contributed by atoms with Gasteiger partial charge >= 0.3 is 13.7 Å². The zero-order valence-electron chi connectivity index (χ0n) is 26.3. The van der Waals surface area contributed by atoms with Gasteiger partial charge in [-0.1, -0.05) is 18.5 Å². The number of halogens is 1. The van der Waals surface area contributed by atoms with Crippen molar-refractivity contribution in [1.29, 1.82) is 0 Å². The Morgan fingerprint density at radius 1 is 1.05 bits per heavy atom. The summed E-state index contributed by atoms with van der Waals surface area (Å²) in [6.07, 6.45) is 3.32. The number of carbonyl (C=O) groups is 2. The van der Waals surface area contributed by atoms with Crippen molar-refractivity contribution in [1.82, 2.24) is 15.0 Å². The van der Waals surface area contributed by atoms with Crippen LogP contribution in [0.15, 0.2) is 54.7 Å². The van der Waals surface area contributed by atoms with E-state index in [1.807, 2.05) is 24.3 Å². The van der Waals surface area contributed by atoms with Crippen molar-refractivity contribution < 1.29 is 27.9 Å². The molecule has 0 aliphatic carbocycles. The molecule has 0 saturated carbocycles. The van der Waals surface area contributed by atoms with E-state index in [0.29, 0.717) is 17.1 Å². The SMILES string of the molecule is CCN(CCC[C@@H](C)Nc1ccnc2cc(Cl)ccc12)CCO[P@@](=O)(N[C@@H](C)C(=O)OC(C)C)Oc1ccc(C(C)=O)cc1. The number of hydrogen-bond acceptors (Lipinski definition) is 9. The number of benzene rings is 2. The van der Waals surface area contributed by atoms with E-state index in [-0.39, 0.29) is 30.3 Å². The Bertz CT molecular complexity index is 1440. The van der Waals surface area contributed by atoms with Crippen molar-refractivity contribution in [2.24, 2.45) is 0 Å². The monoisotopic (exact) mass is 646 g/mol. The summed E-state index contributed by atoms with van der Waals surface area (Å²) in [7, 11) is -3.99. The molecule has 12 heteroatoms. The summed E-state index contributed by atoms with van der Waals surface area (Å²) in [5.74, 6) is -0.421. The quantitative estimate of drug-likeness (QED) is 0.0839. The van der Waals surface area contributed by atoms with Gasteiger partial charge < -0.3 is 19.5 Å². The zero-order chi connectivity index (χ0) is 32.3. The number of Topliss-reactive ketones (excluding diaryl/α,β-unsaturated/α-hetero) is 1. The lowest BCUT2D eigenvalue weighted by Crippen LogP contribution is -2.37. The standard InChI is InChI=1S/C32H44ClN4O6P/c1-7-37(18-8-9-23(4)35-30-16-17-34-31-21-27(33)12-15-29(30)31)19-20-41-44(40,36-24(5)32(39)42-22(2)3)43-28-13-10-26(11-14-28)25(6)38/h10-17,21-24H,7-9,18-20H2,1-6H3,(H,34,35)(H,36,40)/t23-,24+,44+/m1/s1. The van der Waals surface area contributed by atoms with Gasteiger partial charge in [0, 0.05) is 40.4 Å². The number of rotatable bonds is 18. The molecule has 0 aliphatic rings. The van der Waals surface area contributed by atoms with Crippen LogP contribution in [0, 0.1) is 0 Å². The third kappa shape index (κ3) is 11.2. The average Bonchev–Trinajstić information content (AvgIpc) is 2.96. The second kappa shape index (κ2) is 16.9. The van der Waals surface area contributed by atoms with Gasteiger partial charge in [-0.15, -0.1) is 0 Å². The Morgan fingerprint density at radius 3 is 2.43 bits per heavy atom.